The molecule has 7 heteroatoms. The van der Waals surface area contributed by atoms with Crippen LogP contribution in [0, 0.1) is 0 Å². The quantitative estimate of drug-likeness (QED) is 0.553. The van der Waals surface area contributed by atoms with Gasteiger partial charge in [0, 0.05) is 45.8 Å². The topological polar surface area (TPSA) is 52.6 Å². The van der Waals surface area contributed by atoms with Crippen LogP contribution in [-0.2, 0) is 4.74 Å². The Bertz CT molecular complexity index is 698. The summed E-state index contributed by atoms with van der Waals surface area (Å²) in [6, 6.07) is 9.55. The molecule has 3 heterocycles. The van der Waals surface area contributed by atoms with Crippen LogP contribution in [0.2, 0.25) is 0 Å². The van der Waals surface area contributed by atoms with E-state index in [9.17, 15) is 0 Å². The van der Waals surface area contributed by atoms with Crippen LogP contribution in [0.3, 0.4) is 0 Å². The number of rotatable bonds is 6. The Balaban J connectivity index is 1.39. The first kappa shape index (κ1) is 22.4. The predicted molar refractivity (Wildman–Crippen MR) is 125 cm³/mol. The highest BCUT2D eigenvalue weighted by Crippen LogP contribution is 2.26. The van der Waals surface area contributed by atoms with Crippen molar-refractivity contribution in [2.45, 2.75) is 37.8 Å². The van der Waals surface area contributed by atoms with E-state index in [1.807, 2.05) is 7.05 Å². The highest BCUT2D eigenvalue weighted by molar-refractivity contribution is 5.80. The molecule has 1 N–H and O–H groups in total. The first-order valence-electron chi connectivity index (χ1n) is 11.9. The highest BCUT2D eigenvalue weighted by Gasteiger charge is 2.31. The van der Waals surface area contributed by atoms with Gasteiger partial charge in [0.25, 0.3) is 0 Å². The largest absolute Gasteiger partial charge is 0.497 e. The van der Waals surface area contributed by atoms with Crippen LogP contribution in [0.1, 0.15) is 37.3 Å². The van der Waals surface area contributed by atoms with Crippen LogP contribution in [0.25, 0.3) is 0 Å². The summed E-state index contributed by atoms with van der Waals surface area (Å²) in [5, 5.41) is 3.72. The van der Waals surface area contributed by atoms with E-state index in [2.05, 4.69) is 49.3 Å². The molecule has 3 aliphatic heterocycles. The van der Waals surface area contributed by atoms with Crippen molar-refractivity contribution in [3.05, 3.63) is 29.8 Å². The zero-order chi connectivity index (χ0) is 21.5. The zero-order valence-electron chi connectivity index (χ0n) is 19.3. The van der Waals surface area contributed by atoms with Crippen LogP contribution in [0.5, 0.6) is 5.75 Å². The van der Waals surface area contributed by atoms with E-state index in [0.29, 0.717) is 12.1 Å². The third-order valence-electron chi connectivity index (χ3n) is 7.02. The van der Waals surface area contributed by atoms with E-state index < -0.39 is 0 Å². The van der Waals surface area contributed by atoms with Gasteiger partial charge in [-0.2, -0.15) is 0 Å². The Labute approximate surface area is 187 Å². The number of nitrogens with one attached hydrogen (secondary N) is 1. The second-order valence-corrected chi connectivity index (χ2v) is 8.85. The Morgan fingerprint density at radius 2 is 1.84 bits per heavy atom. The molecule has 3 saturated heterocycles. The van der Waals surface area contributed by atoms with Crippen molar-refractivity contribution in [3.8, 4) is 5.75 Å². The first-order chi connectivity index (χ1) is 15.3. The van der Waals surface area contributed by atoms with Gasteiger partial charge in [-0.25, -0.2) is 0 Å². The van der Waals surface area contributed by atoms with E-state index >= 15 is 0 Å². The Morgan fingerprint density at radius 1 is 1.10 bits per heavy atom. The molecule has 0 aromatic heterocycles. The molecule has 0 saturated carbocycles. The second-order valence-electron chi connectivity index (χ2n) is 8.85. The lowest BCUT2D eigenvalue weighted by molar-refractivity contribution is 0.0194. The van der Waals surface area contributed by atoms with Gasteiger partial charge in [-0.1, -0.05) is 18.6 Å². The number of likely N-dealkylation sites (tertiary alicyclic amines) is 2. The molecular formula is C24H39N5O2. The third-order valence-corrected chi connectivity index (χ3v) is 7.02. The Hall–Kier alpha value is -1.83. The van der Waals surface area contributed by atoms with Gasteiger partial charge in [-0.05, 0) is 50.0 Å². The molecule has 0 amide bonds. The van der Waals surface area contributed by atoms with Crippen LogP contribution >= 0.6 is 0 Å². The molecule has 7 nitrogen and oxygen atoms in total. The number of hydrogen-bond acceptors (Lipinski definition) is 5. The first-order valence-corrected chi connectivity index (χ1v) is 11.9. The molecule has 1 aromatic rings. The molecule has 0 aliphatic carbocycles. The fourth-order valence-corrected chi connectivity index (χ4v) is 5.21. The number of ether oxygens (including phenoxy) is 2. The normalized spacial score (nSPS) is 24.9. The molecule has 4 rings (SSSR count). The van der Waals surface area contributed by atoms with Crippen molar-refractivity contribution in [1.29, 1.82) is 0 Å². The van der Waals surface area contributed by atoms with Gasteiger partial charge in [0.15, 0.2) is 5.96 Å². The van der Waals surface area contributed by atoms with E-state index in [1.165, 1.54) is 44.3 Å². The summed E-state index contributed by atoms with van der Waals surface area (Å²) in [6.45, 7) is 9.16. The zero-order valence-corrected chi connectivity index (χ0v) is 19.3. The van der Waals surface area contributed by atoms with Gasteiger partial charge in [-0.3, -0.25) is 14.8 Å². The van der Waals surface area contributed by atoms with Crippen molar-refractivity contribution >= 4 is 5.96 Å². The summed E-state index contributed by atoms with van der Waals surface area (Å²) in [5.41, 5.74) is 1.35. The van der Waals surface area contributed by atoms with Gasteiger partial charge < -0.3 is 19.7 Å². The smallest absolute Gasteiger partial charge is 0.193 e. The average Bonchev–Trinajstić information content (AvgIpc) is 3.33. The average molecular weight is 430 g/mol. The maximum Gasteiger partial charge on any atom is 0.193 e. The second kappa shape index (κ2) is 11.2. The number of guanidine groups is 1. The molecule has 0 bridgehead atoms. The summed E-state index contributed by atoms with van der Waals surface area (Å²) in [5.74, 6) is 1.95. The molecule has 31 heavy (non-hydrogen) atoms. The van der Waals surface area contributed by atoms with E-state index in [1.54, 1.807) is 7.11 Å². The summed E-state index contributed by atoms with van der Waals surface area (Å²) < 4.78 is 10.9. The lowest BCUT2D eigenvalue weighted by Crippen LogP contribution is -2.48. The van der Waals surface area contributed by atoms with Gasteiger partial charge in [0.2, 0.25) is 0 Å². The van der Waals surface area contributed by atoms with Crippen LogP contribution in [0.15, 0.2) is 29.3 Å². The van der Waals surface area contributed by atoms with Crippen LogP contribution < -0.4 is 10.1 Å². The molecule has 3 aliphatic rings. The standard InChI is InChI=1S/C24H39N5O2/c1-25-24(29-13-10-21(19-29)27-14-16-31-17-15-27)26-18-23(28-11-4-3-5-12-28)20-6-8-22(30-2)9-7-20/h6-9,21,23H,3-5,10-19H2,1-2H3,(H,25,26). The third kappa shape index (κ3) is 5.70. The number of hydrogen-bond donors (Lipinski definition) is 1. The van der Waals surface area contributed by atoms with Crippen LogP contribution in [0.4, 0.5) is 0 Å². The summed E-state index contributed by atoms with van der Waals surface area (Å²) in [4.78, 5) is 12.3. The molecule has 1 aromatic carbocycles. The van der Waals surface area contributed by atoms with E-state index in [-0.39, 0.29) is 0 Å². The summed E-state index contributed by atoms with van der Waals surface area (Å²) in [7, 11) is 3.64. The molecule has 2 atom stereocenters. The molecular weight excluding hydrogens is 390 g/mol. The molecule has 0 radical (unpaired) electrons. The number of methoxy groups -OCH3 is 1. The van der Waals surface area contributed by atoms with Gasteiger partial charge in [-0.15, -0.1) is 0 Å². The summed E-state index contributed by atoms with van der Waals surface area (Å²) >= 11 is 0. The SMILES string of the molecule is CN=C(NCC(c1ccc(OC)cc1)N1CCCCC1)N1CCC(N2CCOCC2)C1. The minimum absolute atomic E-state index is 0.348. The van der Waals surface area contributed by atoms with Crippen molar-refractivity contribution in [2.24, 2.45) is 4.99 Å². The lowest BCUT2D eigenvalue weighted by Gasteiger charge is -2.36. The summed E-state index contributed by atoms with van der Waals surface area (Å²) in [6.07, 6.45) is 5.12. The molecule has 0 spiro atoms. The number of piperidine rings is 1. The maximum atomic E-state index is 5.53. The number of aliphatic imine (C=N–C) groups is 1. The Morgan fingerprint density at radius 3 is 2.52 bits per heavy atom. The predicted octanol–water partition coefficient (Wildman–Crippen LogP) is 2.20. The molecule has 3 fully saturated rings. The van der Waals surface area contributed by atoms with Crippen molar-refractivity contribution in [1.82, 2.24) is 20.0 Å². The van der Waals surface area contributed by atoms with Gasteiger partial charge in [0.1, 0.15) is 5.75 Å². The van der Waals surface area contributed by atoms with Gasteiger partial charge in [0.05, 0.1) is 26.4 Å². The fraction of sp³-hybridized carbons (Fsp3) is 0.708. The minimum Gasteiger partial charge on any atom is -0.497 e. The highest BCUT2D eigenvalue weighted by atomic mass is 16.5. The van der Waals surface area contributed by atoms with Crippen molar-refractivity contribution < 1.29 is 9.47 Å². The lowest BCUT2D eigenvalue weighted by atomic mass is 10.0. The van der Waals surface area contributed by atoms with Crippen molar-refractivity contribution in [3.63, 3.8) is 0 Å². The monoisotopic (exact) mass is 429 g/mol. The maximum absolute atomic E-state index is 5.53. The molecule has 2 unspecified atom stereocenters. The number of benzene rings is 1. The minimum atomic E-state index is 0.348. The van der Waals surface area contributed by atoms with Gasteiger partial charge >= 0.3 is 0 Å². The van der Waals surface area contributed by atoms with Crippen LogP contribution in [-0.4, -0.2) is 99.9 Å². The van der Waals surface area contributed by atoms with E-state index in [4.69, 9.17) is 9.47 Å². The van der Waals surface area contributed by atoms with E-state index in [0.717, 1.165) is 57.6 Å². The van der Waals surface area contributed by atoms with Crippen molar-refractivity contribution in [2.75, 3.05) is 73.2 Å². The number of nitrogens with zero attached hydrogens (tertiary/aromatic N) is 4. The molecule has 172 valence electrons. The fourth-order valence-electron chi connectivity index (χ4n) is 5.21. The Kier molecular flexibility index (Phi) is 8.05. The number of morpholine rings is 1.